The number of rotatable bonds is 12. The van der Waals surface area contributed by atoms with Crippen molar-refractivity contribution in [3.8, 4) is 11.5 Å². The van der Waals surface area contributed by atoms with E-state index in [9.17, 15) is 10.1 Å². The van der Waals surface area contributed by atoms with Gasteiger partial charge in [-0.15, -0.1) is 0 Å². The molecule has 3 rings (SSSR count). The Bertz CT molecular complexity index is 1100. The average molecular weight is 465 g/mol. The fourth-order valence-corrected chi connectivity index (χ4v) is 3.81. The quantitative estimate of drug-likeness (QED) is 0.206. The lowest BCUT2D eigenvalue weighted by Gasteiger charge is -2.16. The lowest BCUT2D eigenvalue weighted by molar-refractivity contribution is -0.383. The van der Waals surface area contributed by atoms with Crippen LogP contribution in [0.2, 0.25) is 0 Å². The van der Waals surface area contributed by atoms with Crippen LogP contribution < -0.4 is 20.5 Å². The molecule has 0 atom stereocenters. The number of nitrogens with one attached hydrogen (secondary N) is 1. The number of nitro groups is 1. The summed E-state index contributed by atoms with van der Waals surface area (Å²) in [7, 11) is 3.22. The Kier molecular flexibility index (Phi) is 8.67. The van der Waals surface area contributed by atoms with Gasteiger partial charge in [0.15, 0.2) is 0 Å². The summed E-state index contributed by atoms with van der Waals surface area (Å²) in [6.07, 6.45) is 4.23. The van der Waals surface area contributed by atoms with Crippen molar-refractivity contribution in [2.75, 3.05) is 25.3 Å². The van der Waals surface area contributed by atoms with Crippen molar-refractivity contribution < 1.29 is 14.4 Å². The molecule has 0 fully saturated rings. The van der Waals surface area contributed by atoms with Crippen LogP contribution in [0.4, 0.5) is 17.2 Å². The molecule has 0 aliphatic heterocycles. The Morgan fingerprint density at radius 1 is 0.971 bits per heavy atom. The van der Waals surface area contributed by atoms with Gasteiger partial charge in [-0.1, -0.05) is 44.0 Å². The number of pyridine rings is 1. The summed E-state index contributed by atoms with van der Waals surface area (Å²) in [5.74, 6) is 1.70. The number of nitrogen functional groups attached to an aromatic ring is 1. The molecular formula is C26H32N4O4. The van der Waals surface area contributed by atoms with E-state index < -0.39 is 4.92 Å². The molecular weight excluding hydrogens is 432 g/mol. The minimum absolute atomic E-state index is 0.166. The van der Waals surface area contributed by atoms with Crippen LogP contribution in [0.25, 0.3) is 0 Å². The standard InChI is InChI=1S/C26H32N4O4/c1-4-5-6-7-23-22(16-18-8-12-20(33-2)13-9-18)24(27)25(30(31)32)26(29-23)28-17-19-10-14-21(34-3)15-11-19/h8-15H,4-7,16-17H2,1-3H3,(H3,27,28,29). The van der Waals surface area contributed by atoms with Gasteiger partial charge in [0, 0.05) is 24.2 Å². The first kappa shape index (κ1) is 24.8. The van der Waals surface area contributed by atoms with Gasteiger partial charge in [-0.05, 0) is 48.2 Å². The van der Waals surface area contributed by atoms with Crippen molar-refractivity contribution in [3.63, 3.8) is 0 Å². The van der Waals surface area contributed by atoms with E-state index in [1.165, 1.54) is 0 Å². The number of hydrogen-bond donors (Lipinski definition) is 2. The van der Waals surface area contributed by atoms with Crippen LogP contribution >= 0.6 is 0 Å². The minimum Gasteiger partial charge on any atom is -0.497 e. The van der Waals surface area contributed by atoms with Crippen LogP contribution in [0, 0.1) is 10.1 Å². The number of aryl methyl sites for hydroxylation is 1. The molecule has 180 valence electrons. The maximum Gasteiger partial charge on any atom is 0.334 e. The first-order chi connectivity index (χ1) is 16.5. The van der Waals surface area contributed by atoms with Gasteiger partial charge in [0.25, 0.3) is 0 Å². The van der Waals surface area contributed by atoms with Crippen LogP contribution in [0.15, 0.2) is 48.5 Å². The zero-order valence-electron chi connectivity index (χ0n) is 20.0. The molecule has 0 bridgehead atoms. The number of ether oxygens (including phenoxy) is 2. The largest absolute Gasteiger partial charge is 0.497 e. The Morgan fingerprint density at radius 2 is 1.56 bits per heavy atom. The molecule has 34 heavy (non-hydrogen) atoms. The maximum absolute atomic E-state index is 12.0. The van der Waals surface area contributed by atoms with Crippen LogP contribution in [-0.2, 0) is 19.4 Å². The van der Waals surface area contributed by atoms with E-state index in [2.05, 4.69) is 12.2 Å². The van der Waals surface area contributed by atoms with Crippen molar-refractivity contribution in [2.24, 2.45) is 0 Å². The lowest BCUT2D eigenvalue weighted by Crippen LogP contribution is -2.13. The number of hydrogen-bond acceptors (Lipinski definition) is 7. The van der Waals surface area contributed by atoms with Crippen molar-refractivity contribution in [1.82, 2.24) is 4.98 Å². The van der Waals surface area contributed by atoms with Gasteiger partial charge >= 0.3 is 5.69 Å². The maximum atomic E-state index is 12.0. The third-order valence-corrected chi connectivity index (χ3v) is 5.76. The van der Waals surface area contributed by atoms with E-state index in [0.717, 1.165) is 47.6 Å². The summed E-state index contributed by atoms with van der Waals surface area (Å²) >= 11 is 0. The molecule has 1 aromatic heterocycles. The summed E-state index contributed by atoms with van der Waals surface area (Å²) in [4.78, 5) is 16.3. The number of anilines is 2. The lowest BCUT2D eigenvalue weighted by atomic mass is 9.97. The predicted molar refractivity (Wildman–Crippen MR) is 135 cm³/mol. The monoisotopic (exact) mass is 464 g/mol. The SMILES string of the molecule is CCCCCc1nc(NCc2ccc(OC)cc2)c([N+](=O)[O-])c(N)c1Cc1ccc(OC)cc1. The van der Waals surface area contributed by atoms with Gasteiger partial charge in [-0.2, -0.15) is 0 Å². The second-order valence-electron chi connectivity index (χ2n) is 8.09. The summed E-state index contributed by atoms with van der Waals surface area (Å²) in [6.45, 7) is 2.52. The second kappa shape index (κ2) is 11.9. The molecule has 0 aliphatic rings. The third kappa shape index (κ3) is 6.15. The van der Waals surface area contributed by atoms with Crippen molar-refractivity contribution in [2.45, 2.75) is 45.6 Å². The predicted octanol–water partition coefficient (Wildman–Crippen LogP) is 5.52. The Morgan fingerprint density at radius 3 is 2.09 bits per heavy atom. The highest BCUT2D eigenvalue weighted by molar-refractivity contribution is 5.75. The smallest absolute Gasteiger partial charge is 0.334 e. The number of nitrogens with two attached hydrogens (primary N) is 1. The number of aromatic nitrogens is 1. The molecule has 0 aliphatic carbocycles. The first-order valence-corrected chi connectivity index (χ1v) is 11.4. The summed E-state index contributed by atoms with van der Waals surface area (Å²) < 4.78 is 10.4. The van der Waals surface area contributed by atoms with Crippen molar-refractivity contribution in [1.29, 1.82) is 0 Å². The number of unbranched alkanes of at least 4 members (excludes halogenated alkanes) is 2. The fraction of sp³-hybridized carbons (Fsp3) is 0.346. The van der Waals surface area contributed by atoms with Gasteiger partial charge in [-0.25, -0.2) is 4.98 Å². The second-order valence-corrected chi connectivity index (χ2v) is 8.09. The summed E-state index contributed by atoms with van der Waals surface area (Å²) in [6, 6.07) is 15.1. The van der Waals surface area contributed by atoms with Crippen LogP contribution in [0.1, 0.15) is 48.6 Å². The average Bonchev–Trinajstić information content (AvgIpc) is 2.85. The molecule has 3 aromatic rings. The van der Waals surface area contributed by atoms with E-state index in [-0.39, 0.29) is 17.2 Å². The molecule has 0 saturated carbocycles. The molecule has 0 amide bonds. The number of benzene rings is 2. The van der Waals surface area contributed by atoms with Crippen molar-refractivity contribution >= 4 is 17.2 Å². The zero-order valence-corrected chi connectivity index (χ0v) is 20.0. The molecule has 0 spiro atoms. The first-order valence-electron chi connectivity index (χ1n) is 11.4. The highest BCUT2D eigenvalue weighted by Gasteiger charge is 2.26. The molecule has 0 saturated heterocycles. The molecule has 0 radical (unpaired) electrons. The Labute approximate surface area is 200 Å². The van der Waals surface area contributed by atoms with Crippen LogP contribution in [0.5, 0.6) is 11.5 Å². The highest BCUT2D eigenvalue weighted by Crippen LogP contribution is 2.36. The van der Waals surface area contributed by atoms with E-state index in [4.69, 9.17) is 20.2 Å². The normalized spacial score (nSPS) is 10.7. The van der Waals surface area contributed by atoms with E-state index in [1.807, 2.05) is 48.5 Å². The molecule has 2 aromatic carbocycles. The Hall–Kier alpha value is -3.81. The highest BCUT2D eigenvalue weighted by atomic mass is 16.6. The molecule has 8 nitrogen and oxygen atoms in total. The molecule has 0 unspecified atom stereocenters. The Balaban J connectivity index is 1.96. The topological polar surface area (TPSA) is 113 Å². The molecule has 3 N–H and O–H groups in total. The van der Waals surface area contributed by atoms with Gasteiger partial charge in [0.05, 0.1) is 19.1 Å². The van der Waals surface area contributed by atoms with Gasteiger partial charge < -0.3 is 20.5 Å². The van der Waals surface area contributed by atoms with Gasteiger partial charge in [0.2, 0.25) is 5.82 Å². The van der Waals surface area contributed by atoms with E-state index in [1.54, 1.807) is 14.2 Å². The summed E-state index contributed by atoms with van der Waals surface area (Å²) in [5.41, 5.74) is 9.86. The van der Waals surface area contributed by atoms with Crippen molar-refractivity contribution in [3.05, 3.63) is 81.0 Å². The van der Waals surface area contributed by atoms with Gasteiger partial charge in [0.1, 0.15) is 17.2 Å². The number of nitrogens with zero attached hydrogens (tertiary/aromatic N) is 2. The van der Waals surface area contributed by atoms with Gasteiger partial charge in [-0.3, -0.25) is 10.1 Å². The molecule has 8 heteroatoms. The van der Waals surface area contributed by atoms with Crippen LogP contribution in [-0.4, -0.2) is 24.1 Å². The third-order valence-electron chi connectivity index (χ3n) is 5.76. The fourth-order valence-electron chi connectivity index (χ4n) is 3.81. The number of methoxy groups -OCH3 is 2. The van der Waals surface area contributed by atoms with E-state index >= 15 is 0 Å². The minimum atomic E-state index is -0.452. The molecule has 1 heterocycles. The summed E-state index contributed by atoms with van der Waals surface area (Å²) in [5, 5.41) is 15.1. The van der Waals surface area contributed by atoms with E-state index in [0.29, 0.717) is 24.9 Å². The van der Waals surface area contributed by atoms with Crippen LogP contribution in [0.3, 0.4) is 0 Å². The zero-order chi connectivity index (χ0) is 24.5.